The van der Waals surface area contributed by atoms with Crippen LogP contribution < -0.4 is 20.3 Å². The molecule has 36 heavy (non-hydrogen) atoms. The molecular weight excluding hydrogens is 478 g/mol. The van der Waals surface area contributed by atoms with Crippen molar-refractivity contribution in [3.05, 3.63) is 88.2 Å². The lowest BCUT2D eigenvalue weighted by molar-refractivity contribution is -0.113. The Morgan fingerprint density at radius 3 is 2.81 bits per heavy atom. The largest absolute Gasteiger partial charge is 0.454 e. The van der Waals surface area contributed by atoms with Crippen molar-refractivity contribution < 1.29 is 18.7 Å². The number of anilines is 1. The highest BCUT2D eigenvalue weighted by Gasteiger charge is 2.20. The molecule has 0 atom stereocenters. The number of rotatable bonds is 6. The number of hydrogen-bond acceptors (Lipinski definition) is 7. The lowest BCUT2D eigenvalue weighted by Gasteiger charge is -2.12. The van der Waals surface area contributed by atoms with E-state index in [0.29, 0.717) is 27.8 Å². The Balaban J connectivity index is 1.36. The van der Waals surface area contributed by atoms with Crippen LogP contribution in [0.4, 0.5) is 5.69 Å². The number of aromatic nitrogens is 2. The van der Waals surface area contributed by atoms with Crippen molar-refractivity contribution in [3.8, 4) is 11.5 Å². The van der Waals surface area contributed by atoms with Gasteiger partial charge in [0, 0.05) is 11.1 Å². The molecule has 3 aromatic carbocycles. The van der Waals surface area contributed by atoms with Gasteiger partial charge in [0.25, 0.3) is 5.56 Å². The predicted molar refractivity (Wildman–Crippen MR) is 138 cm³/mol. The van der Waals surface area contributed by atoms with Gasteiger partial charge >= 0.3 is 0 Å². The van der Waals surface area contributed by atoms with Gasteiger partial charge < -0.3 is 19.2 Å². The van der Waals surface area contributed by atoms with Gasteiger partial charge in [0.1, 0.15) is 11.1 Å². The molecule has 0 radical (unpaired) electrons. The van der Waals surface area contributed by atoms with Gasteiger partial charge in [-0.1, -0.05) is 42.1 Å². The fraction of sp³-hybridized carbons (Fsp3) is 0.148. The van der Waals surface area contributed by atoms with E-state index in [-0.39, 0.29) is 36.1 Å². The molecule has 9 heteroatoms. The number of carbonyl (C=O) groups is 1. The van der Waals surface area contributed by atoms with Crippen LogP contribution in [0.15, 0.2) is 81.1 Å². The van der Waals surface area contributed by atoms with Crippen LogP contribution in [0.5, 0.6) is 11.5 Å². The molecule has 1 amide bonds. The predicted octanol–water partition coefficient (Wildman–Crippen LogP) is 4.96. The smallest absolute Gasteiger partial charge is 0.298 e. The number of amides is 1. The third kappa shape index (κ3) is 4.18. The average Bonchev–Trinajstić information content (AvgIpc) is 3.49. The number of aryl methyl sites for hydroxylation is 1. The number of ether oxygens (including phenoxy) is 2. The number of fused-ring (bicyclic) bond motifs is 4. The molecule has 0 spiro atoms. The van der Waals surface area contributed by atoms with E-state index in [1.54, 1.807) is 6.07 Å². The molecule has 0 saturated heterocycles. The number of carbonyl (C=O) groups excluding carboxylic acids is 1. The molecule has 0 aliphatic carbocycles. The molecule has 1 aliphatic rings. The summed E-state index contributed by atoms with van der Waals surface area (Å²) in [5.74, 6) is 1.19. The highest BCUT2D eigenvalue weighted by molar-refractivity contribution is 7.99. The third-order valence-electron chi connectivity index (χ3n) is 5.86. The van der Waals surface area contributed by atoms with Gasteiger partial charge in [-0.3, -0.25) is 14.2 Å². The molecule has 180 valence electrons. The van der Waals surface area contributed by atoms with Gasteiger partial charge in [-0.05, 0) is 54.4 Å². The Morgan fingerprint density at radius 2 is 1.92 bits per heavy atom. The maximum absolute atomic E-state index is 13.6. The first-order valence-corrected chi connectivity index (χ1v) is 12.3. The van der Waals surface area contributed by atoms with Gasteiger partial charge in [-0.25, -0.2) is 4.98 Å². The number of hydrogen-bond donors (Lipinski definition) is 1. The minimum atomic E-state index is -0.310. The van der Waals surface area contributed by atoms with Crippen molar-refractivity contribution >= 4 is 45.4 Å². The molecular formula is C27H21N3O5S. The molecule has 0 bridgehead atoms. The summed E-state index contributed by atoms with van der Waals surface area (Å²) in [6.07, 6.45) is 0. The van der Waals surface area contributed by atoms with Crippen molar-refractivity contribution in [2.45, 2.75) is 18.6 Å². The van der Waals surface area contributed by atoms with Gasteiger partial charge in [0.2, 0.25) is 18.3 Å². The van der Waals surface area contributed by atoms with E-state index in [0.717, 1.165) is 22.2 Å². The zero-order valence-electron chi connectivity index (χ0n) is 19.3. The van der Waals surface area contributed by atoms with Crippen LogP contribution in [0.25, 0.3) is 22.1 Å². The number of furan rings is 1. The summed E-state index contributed by atoms with van der Waals surface area (Å²) in [5.41, 5.74) is 3.57. The van der Waals surface area contributed by atoms with E-state index in [2.05, 4.69) is 5.32 Å². The van der Waals surface area contributed by atoms with Crippen LogP contribution in [0, 0.1) is 6.92 Å². The van der Waals surface area contributed by atoms with E-state index in [1.165, 1.54) is 16.3 Å². The Kier molecular flexibility index (Phi) is 5.61. The molecule has 1 N–H and O–H groups in total. The lowest BCUT2D eigenvalue weighted by atomic mass is 10.2. The van der Waals surface area contributed by atoms with Crippen molar-refractivity contribution in [3.63, 3.8) is 0 Å². The first kappa shape index (κ1) is 22.2. The number of nitrogens with zero attached hydrogens (tertiary/aromatic N) is 2. The van der Waals surface area contributed by atoms with Crippen molar-refractivity contribution in [2.24, 2.45) is 0 Å². The highest BCUT2D eigenvalue weighted by atomic mass is 32.2. The van der Waals surface area contributed by atoms with Gasteiger partial charge in [-0.2, -0.15) is 0 Å². The number of nitrogens with one attached hydrogen (secondary N) is 1. The first-order chi connectivity index (χ1) is 17.5. The second kappa shape index (κ2) is 9.09. The second-order valence-corrected chi connectivity index (χ2v) is 9.40. The van der Waals surface area contributed by atoms with Crippen LogP contribution in [0.2, 0.25) is 0 Å². The summed E-state index contributed by atoms with van der Waals surface area (Å²) in [4.78, 5) is 31.1. The molecule has 8 nitrogen and oxygen atoms in total. The van der Waals surface area contributed by atoms with E-state index in [9.17, 15) is 9.59 Å². The van der Waals surface area contributed by atoms with Crippen molar-refractivity contribution in [2.75, 3.05) is 17.9 Å². The van der Waals surface area contributed by atoms with Crippen molar-refractivity contribution in [1.82, 2.24) is 9.55 Å². The maximum Gasteiger partial charge on any atom is 0.298 e. The van der Waals surface area contributed by atoms with Crippen LogP contribution in [-0.4, -0.2) is 28.0 Å². The molecule has 0 unspecified atom stereocenters. The van der Waals surface area contributed by atoms with Crippen LogP contribution in [-0.2, 0) is 11.3 Å². The second-order valence-electron chi connectivity index (χ2n) is 8.46. The molecule has 0 fully saturated rings. The third-order valence-corrected chi connectivity index (χ3v) is 6.84. The number of para-hydroxylation sites is 1. The SMILES string of the molecule is Cc1cccc(NC(=O)CSc2nc3c(oc4ccccc43)c(=O)n2Cc2ccc3c(c2)OCO3)c1. The zero-order valence-corrected chi connectivity index (χ0v) is 20.1. The standard InChI is InChI=1S/C27H21N3O5S/c1-16-5-4-6-18(11-16)28-23(31)14-36-27-29-24-19-7-2-3-8-20(19)35-25(24)26(32)30(27)13-17-9-10-21-22(12-17)34-15-33-21/h2-12H,13-15H2,1H3,(H,28,31). The number of thioether (sulfide) groups is 1. The first-order valence-electron chi connectivity index (χ1n) is 11.3. The van der Waals surface area contributed by atoms with Crippen LogP contribution in [0.3, 0.4) is 0 Å². The normalized spacial score (nSPS) is 12.4. The Labute approximate surface area is 209 Å². The summed E-state index contributed by atoms with van der Waals surface area (Å²) < 4.78 is 18.3. The molecule has 2 aromatic heterocycles. The fourth-order valence-corrected chi connectivity index (χ4v) is 4.97. The van der Waals surface area contributed by atoms with Gasteiger partial charge in [-0.15, -0.1) is 0 Å². The monoisotopic (exact) mass is 499 g/mol. The quantitative estimate of drug-likeness (QED) is 0.261. The van der Waals surface area contributed by atoms with Crippen LogP contribution in [0.1, 0.15) is 11.1 Å². The molecule has 0 saturated carbocycles. The Hall–Kier alpha value is -4.24. The lowest BCUT2D eigenvalue weighted by Crippen LogP contribution is -2.24. The van der Waals surface area contributed by atoms with Gasteiger partial charge in [0.15, 0.2) is 16.7 Å². The van der Waals surface area contributed by atoms with Gasteiger partial charge in [0.05, 0.1) is 12.3 Å². The maximum atomic E-state index is 13.6. The topological polar surface area (TPSA) is 95.6 Å². The summed E-state index contributed by atoms with van der Waals surface area (Å²) >= 11 is 1.21. The molecule has 6 rings (SSSR count). The Morgan fingerprint density at radius 1 is 1.06 bits per heavy atom. The van der Waals surface area contributed by atoms with E-state index in [4.69, 9.17) is 18.9 Å². The number of benzene rings is 3. The molecule has 1 aliphatic heterocycles. The molecule has 5 aromatic rings. The summed E-state index contributed by atoms with van der Waals surface area (Å²) in [5, 5.41) is 4.09. The summed E-state index contributed by atoms with van der Waals surface area (Å²) in [6, 6.07) is 20.5. The van der Waals surface area contributed by atoms with E-state index in [1.807, 2.05) is 67.6 Å². The highest BCUT2D eigenvalue weighted by Crippen LogP contribution is 2.33. The fourth-order valence-electron chi connectivity index (χ4n) is 4.17. The minimum Gasteiger partial charge on any atom is -0.454 e. The van der Waals surface area contributed by atoms with Crippen molar-refractivity contribution in [1.29, 1.82) is 0 Å². The Bertz CT molecular complexity index is 1690. The summed E-state index contributed by atoms with van der Waals surface area (Å²) in [6.45, 7) is 2.37. The zero-order chi connectivity index (χ0) is 24.6. The average molecular weight is 500 g/mol. The van der Waals surface area contributed by atoms with Crippen LogP contribution >= 0.6 is 11.8 Å². The van der Waals surface area contributed by atoms with E-state index >= 15 is 0 Å². The molecule has 3 heterocycles. The summed E-state index contributed by atoms with van der Waals surface area (Å²) in [7, 11) is 0. The minimum absolute atomic E-state index is 0.0861. The van der Waals surface area contributed by atoms with E-state index < -0.39 is 0 Å².